The number of halogens is 2. The minimum Gasteiger partial charge on any atom is -0.497 e. The minimum atomic E-state index is -0.453. The molecule has 0 saturated heterocycles. The molecule has 1 heterocycles. The van der Waals surface area contributed by atoms with Gasteiger partial charge in [0.1, 0.15) is 17.3 Å². The van der Waals surface area contributed by atoms with Gasteiger partial charge in [0.15, 0.2) is 10.3 Å². The van der Waals surface area contributed by atoms with E-state index in [1.807, 2.05) is 25.1 Å². The van der Waals surface area contributed by atoms with Gasteiger partial charge in [-0.1, -0.05) is 11.6 Å². The topological polar surface area (TPSA) is 67.2 Å². The zero-order valence-corrected chi connectivity index (χ0v) is 18.4. The maximum atomic E-state index is 13.2. The van der Waals surface area contributed by atoms with Gasteiger partial charge in [-0.05, 0) is 67.1 Å². The number of ether oxygens (including phenoxy) is 2. The highest BCUT2D eigenvalue weighted by Gasteiger charge is 2.17. The summed E-state index contributed by atoms with van der Waals surface area (Å²) in [5.41, 5.74) is 2.67. The van der Waals surface area contributed by atoms with Gasteiger partial charge in [0.05, 0.1) is 19.2 Å². The van der Waals surface area contributed by atoms with Crippen molar-refractivity contribution in [3.63, 3.8) is 0 Å². The van der Waals surface area contributed by atoms with Gasteiger partial charge in [0.2, 0.25) is 0 Å². The van der Waals surface area contributed by atoms with Crippen molar-refractivity contribution in [1.29, 1.82) is 0 Å². The summed E-state index contributed by atoms with van der Waals surface area (Å²) in [6, 6.07) is 10.2. The number of nitrogens with one attached hydrogen (secondary N) is 2. The van der Waals surface area contributed by atoms with Crippen LogP contribution in [-0.4, -0.2) is 31.1 Å². The van der Waals surface area contributed by atoms with Crippen LogP contribution in [0.1, 0.15) is 12.5 Å². The molecule has 0 aliphatic carbocycles. The van der Waals surface area contributed by atoms with Gasteiger partial charge in [-0.15, -0.1) is 0 Å². The van der Waals surface area contributed by atoms with Crippen LogP contribution >= 0.6 is 23.4 Å². The van der Waals surface area contributed by atoms with Gasteiger partial charge in [0.25, 0.3) is 0 Å². The lowest BCUT2D eigenvalue weighted by molar-refractivity contribution is 0.398. The van der Waals surface area contributed by atoms with Crippen LogP contribution in [0.2, 0.25) is 5.02 Å². The lowest BCUT2D eigenvalue weighted by Gasteiger charge is -2.16. The standard InChI is InChI=1S/C21H22ClFN4O2S/c1-13(24-9-8-14-10-16(28-2)5-7-19(14)29-3)12-25-20-27-21(30-20)26-15-4-6-18(23)17(22)11-15/h4-7,10-12,24H,8-9H2,1-3H3,(H,25,26,27)/b13-12-. The molecule has 0 unspecified atom stereocenters. The monoisotopic (exact) mass is 448 g/mol. The number of hydrogen-bond donors (Lipinski definition) is 2. The molecule has 0 radical (unpaired) electrons. The lowest BCUT2D eigenvalue weighted by atomic mass is 10.1. The molecule has 0 amide bonds. The van der Waals surface area contributed by atoms with E-state index >= 15 is 0 Å². The third kappa shape index (κ3) is 5.90. The Bertz CT molecular complexity index is 1010. The first-order valence-electron chi connectivity index (χ1n) is 9.16. The molecule has 0 aromatic heterocycles. The first-order chi connectivity index (χ1) is 14.5. The van der Waals surface area contributed by atoms with E-state index < -0.39 is 5.82 Å². The Kier molecular flexibility index (Phi) is 7.59. The highest BCUT2D eigenvalue weighted by atomic mass is 35.5. The van der Waals surface area contributed by atoms with Crippen molar-refractivity contribution in [2.45, 2.75) is 13.3 Å². The number of benzene rings is 2. The fourth-order valence-corrected chi connectivity index (χ4v) is 3.42. The van der Waals surface area contributed by atoms with Crippen molar-refractivity contribution >= 4 is 39.4 Å². The van der Waals surface area contributed by atoms with E-state index in [9.17, 15) is 4.39 Å². The molecule has 6 nitrogen and oxygen atoms in total. The van der Waals surface area contributed by atoms with Crippen LogP contribution in [0.5, 0.6) is 11.5 Å². The average Bonchev–Trinajstić information content (AvgIpc) is 2.72. The van der Waals surface area contributed by atoms with Gasteiger partial charge in [-0.2, -0.15) is 4.99 Å². The number of anilines is 1. The normalized spacial score (nSPS) is 14.8. The Hall–Kier alpha value is -2.71. The summed E-state index contributed by atoms with van der Waals surface area (Å²) in [6.45, 7) is 2.67. The Morgan fingerprint density at radius 1 is 1.23 bits per heavy atom. The quantitative estimate of drug-likeness (QED) is 0.590. The summed E-state index contributed by atoms with van der Waals surface area (Å²) >= 11 is 7.17. The highest BCUT2D eigenvalue weighted by molar-refractivity contribution is 8.29. The molecule has 9 heteroatoms. The van der Waals surface area contributed by atoms with Crippen LogP contribution in [-0.2, 0) is 6.42 Å². The number of amidine groups is 2. The smallest absolute Gasteiger partial charge is 0.197 e. The molecule has 2 aromatic carbocycles. The van der Waals surface area contributed by atoms with Gasteiger partial charge in [-0.3, -0.25) is 0 Å². The Balaban J connectivity index is 1.49. The number of thioether (sulfide) groups is 1. The Morgan fingerprint density at radius 3 is 2.73 bits per heavy atom. The van der Waals surface area contributed by atoms with Crippen LogP contribution < -0.4 is 20.1 Å². The van der Waals surface area contributed by atoms with Crippen LogP contribution in [0.15, 0.2) is 58.3 Å². The van der Waals surface area contributed by atoms with Crippen LogP contribution in [0, 0.1) is 5.82 Å². The SMILES string of the molecule is COc1ccc(OC)c(CCN/C(C)=C\N=C2N=C(Nc3ccc(F)c(Cl)c3)S2)c1. The molecule has 0 bridgehead atoms. The van der Waals surface area contributed by atoms with E-state index in [1.54, 1.807) is 26.5 Å². The fraction of sp³-hybridized carbons (Fsp3) is 0.238. The highest BCUT2D eigenvalue weighted by Crippen LogP contribution is 2.26. The summed E-state index contributed by atoms with van der Waals surface area (Å²) in [5, 5.41) is 7.77. The minimum absolute atomic E-state index is 0.0648. The summed E-state index contributed by atoms with van der Waals surface area (Å²) in [7, 11) is 3.30. The van der Waals surface area contributed by atoms with E-state index in [-0.39, 0.29) is 5.02 Å². The zero-order chi connectivity index (χ0) is 21.5. The molecular formula is C21H22ClFN4O2S. The molecule has 158 valence electrons. The number of allylic oxidation sites excluding steroid dienone is 1. The Morgan fingerprint density at radius 2 is 2.03 bits per heavy atom. The van der Waals surface area contributed by atoms with E-state index in [2.05, 4.69) is 20.6 Å². The second-order valence-electron chi connectivity index (χ2n) is 6.35. The number of methoxy groups -OCH3 is 2. The molecule has 0 atom stereocenters. The van der Waals surface area contributed by atoms with Crippen molar-refractivity contribution in [2.24, 2.45) is 9.98 Å². The second-order valence-corrected chi connectivity index (χ2v) is 7.71. The number of nitrogens with zero attached hydrogens (tertiary/aromatic N) is 2. The van der Waals surface area contributed by atoms with Crippen molar-refractivity contribution in [2.75, 3.05) is 26.1 Å². The molecule has 2 aromatic rings. The molecule has 1 aliphatic rings. The van der Waals surface area contributed by atoms with E-state index in [1.165, 1.54) is 23.9 Å². The van der Waals surface area contributed by atoms with Crippen molar-refractivity contribution < 1.29 is 13.9 Å². The Labute approximate surface area is 184 Å². The lowest BCUT2D eigenvalue weighted by Crippen LogP contribution is -2.19. The average molecular weight is 449 g/mol. The van der Waals surface area contributed by atoms with Gasteiger partial charge >= 0.3 is 0 Å². The number of aliphatic imine (C=N–C) groups is 2. The predicted octanol–water partition coefficient (Wildman–Crippen LogP) is 5.06. The summed E-state index contributed by atoms with van der Waals surface area (Å²) < 4.78 is 23.9. The molecule has 0 fully saturated rings. The van der Waals surface area contributed by atoms with Gasteiger partial charge < -0.3 is 20.1 Å². The van der Waals surface area contributed by atoms with Crippen molar-refractivity contribution in [1.82, 2.24) is 5.32 Å². The van der Waals surface area contributed by atoms with Crippen LogP contribution in [0.4, 0.5) is 10.1 Å². The largest absolute Gasteiger partial charge is 0.497 e. The van der Waals surface area contributed by atoms with Gasteiger partial charge in [-0.25, -0.2) is 9.38 Å². The summed E-state index contributed by atoms with van der Waals surface area (Å²) in [6.07, 6.45) is 2.52. The van der Waals surface area contributed by atoms with Crippen LogP contribution in [0.25, 0.3) is 0 Å². The number of hydrogen-bond acceptors (Lipinski definition) is 6. The summed E-state index contributed by atoms with van der Waals surface area (Å²) in [5.74, 6) is 1.18. The third-order valence-electron chi connectivity index (χ3n) is 4.21. The van der Waals surface area contributed by atoms with Crippen molar-refractivity contribution in [3.05, 3.63) is 64.7 Å². The molecular weight excluding hydrogens is 427 g/mol. The third-order valence-corrected chi connectivity index (χ3v) is 5.27. The number of rotatable bonds is 8. The molecule has 3 rings (SSSR count). The van der Waals surface area contributed by atoms with Crippen LogP contribution in [0.3, 0.4) is 0 Å². The van der Waals surface area contributed by atoms with E-state index in [0.29, 0.717) is 16.0 Å². The van der Waals surface area contributed by atoms with E-state index in [0.717, 1.165) is 35.7 Å². The first-order valence-corrected chi connectivity index (χ1v) is 10.4. The molecule has 2 N–H and O–H groups in total. The summed E-state index contributed by atoms with van der Waals surface area (Å²) in [4.78, 5) is 8.63. The molecule has 0 spiro atoms. The second kappa shape index (κ2) is 10.4. The molecule has 1 aliphatic heterocycles. The molecule has 0 saturated carbocycles. The predicted molar refractivity (Wildman–Crippen MR) is 123 cm³/mol. The van der Waals surface area contributed by atoms with E-state index in [4.69, 9.17) is 21.1 Å². The molecule has 30 heavy (non-hydrogen) atoms. The maximum absolute atomic E-state index is 13.2. The maximum Gasteiger partial charge on any atom is 0.197 e. The van der Waals surface area contributed by atoms with Crippen molar-refractivity contribution in [3.8, 4) is 11.5 Å². The zero-order valence-electron chi connectivity index (χ0n) is 16.8. The van der Waals surface area contributed by atoms with Gasteiger partial charge in [0, 0.05) is 24.1 Å². The first kappa shape index (κ1) is 22.0. The fourth-order valence-electron chi connectivity index (χ4n) is 2.66.